The third-order valence-corrected chi connectivity index (χ3v) is 4.34. The number of ether oxygens (including phenoxy) is 2. The number of hydrogen-bond donors (Lipinski definition) is 0. The minimum atomic E-state index is 0.447. The van der Waals surface area contributed by atoms with Crippen LogP contribution in [0.15, 0.2) is 31.9 Å². The fourth-order valence-electron chi connectivity index (χ4n) is 3.02. The highest BCUT2D eigenvalue weighted by Gasteiger charge is 2.23. The van der Waals surface area contributed by atoms with Crippen molar-refractivity contribution in [3.63, 3.8) is 0 Å². The van der Waals surface area contributed by atoms with E-state index >= 15 is 0 Å². The minimum absolute atomic E-state index is 0.447. The molecule has 0 aliphatic heterocycles. The first-order valence-electron chi connectivity index (χ1n) is 7.53. The third-order valence-electron chi connectivity index (χ3n) is 4.34. The van der Waals surface area contributed by atoms with Gasteiger partial charge in [-0.3, -0.25) is 0 Å². The average molecular weight is 288 g/mol. The summed E-state index contributed by atoms with van der Waals surface area (Å²) in [5.74, 6) is 1.60. The van der Waals surface area contributed by atoms with Crippen molar-refractivity contribution in [1.29, 1.82) is 0 Å². The molecule has 1 fully saturated rings. The third kappa shape index (κ3) is 4.21. The van der Waals surface area contributed by atoms with Crippen LogP contribution in [0, 0.1) is 6.92 Å². The Kier molecular flexibility index (Phi) is 7.24. The van der Waals surface area contributed by atoms with Gasteiger partial charge >= 0.3 is 0 Å². The number of hydrogen-bond acceptors (Lipinski definition) is 2. The van der Waals surface area contributed by atoms with Crippen LogP contribution in [-0.2, 0) is 4.74 Å². The molecule has 0 N–H and O–H groups in total. The van der Waals surface area contributed by atoms with Crippen molar-refractivity contribution in [2.75, 3.05) is 14.2 Å². The first kappa shape index (κ1) is 17.5. The summed E-state index contributed by atoms with van der Waals surface area (Å²) >= 11 is 0. The summed E-state index contributed by atoms with van der Waals surface area (Å²) in [4.78, 5) is 0. The van der Waals surface area contributed by atoms with Crippen LogP contribution in [-0.4, -0.2) is 20.3 Å². The van der Waals surface area contributed by atoms with Gasteiger partial charge < -0.3 is 9.47 Å². The summed E-state index contributed by atoms with van der Waals surface area (Å²) in [5.41, 5.74) is 3.74. The maximum Gasteiger partial charge on any atom is 0.122 e. The average Bonchev–Trinajstić information content (AvgIpc) is 2.57. The lowest BCUT2D eigenvalue weighted by atomic mass is 9.81. The van der Waals surface area contributed by atoms with E-state index < -0.39 is 0 Å². The van der Waals surface area contributed by atoms with Crippen LogP contribution in [0.3, 0.4) is 0 Å². The Labute approximate surface area is 129 Å². The predicted octanol–water partition coefficient (Wildman–Crippen LogP) is 5.12. The number of benzene rings is 1. The second-order valence-corrected chi connectivity index (χ2v) is 5.35. The van der Waals surface area contributed by atoms with Crippen LogP contribution >= 0.6 is 0 Å². The molecule has 0 saturated heterocycles. The van der Waals surface area contributed by atoms with E-state index in [0.717, 1.165) is 18.6 Å². The zero-order chi connectivity index (χ0) is 15.8. The Hall–Kier alpha value is -1.54. The van der Waals surface area contributed by atoms with E-state index in [1.165, 1.54) is 29.5 Å². The van der Waals surface area contributed by atoms with Crippen LogP contribution < -0.4 is 4.74 Å². The molecule has 0 unspecified atom stereocenters. The van der Waals surface area contributed by atoms with Crippen molar-refractivity contribution < 1.29 is 9.47 Å². The topological polar surface area (TPSA) is 18.5 Å². The van der Waals surface area contributed by atoms with Gasteiger partial charge in [-0.1, -0.05) is 18.7 Å². The lowest BCUT2D eigenvalue weighted by Gasteiger charge is -2.28. The lowest BCUT2D eigenvalue weighted by Crippen LogP contribution is -2.19. The van der Waals surface area contributed by atoms with Gasteiger partial charge in [0.25, 0.3) is 0 Å². The highest BCUT2D eigenvalue weighted by molar-refractivity contribution is 5.58. The van der Waals surface area contributed by atoms with Crippen molar-refractivity contribution in [3.8, 4) is 5.75 Å². The van der Waals surface area contributed by atoms with Gasteiger partial charge in [-0.15, -0.1) is 13.2 Å². The first-order valence-corrected chi connectivity index (χ1v) is 7.53. The standard InChI is InChI=1S/C17H24O2.C2H4/c1-5-13-10-15(11-17(19-4)12(13)2)14-6-8-16(18-3)9-7-14;1-2/h5,10-11,14,16H,1,6-9H2,2-4H3;1-2H2. The van der Waals surface area contributed by atoms with Crippen LogP contribution in [0.25, 0.3) is 6.08 Å². The molecule has 0 radical (unpaired) electrons. The molecule has 0 atom stereocenters. The maximum atomic E-state index is 5.49. The molecular formula is C19H28O2. The van der Waals surface area contributed by atoms with Crippen LogP contribution in [0.5, 0.6) is 5.75 Å². The van der Waals surface area contributed by atoms with Crippen molar-refractivity contribution in [2.24, 2.45) is 0 Å². The fourth-order valence-corrected chi connectivity index (χ4v) is 3.02. The molecule has 1 aromatic carbocycles. The Morgan fingerprint density at radius 1 is 1.10 bits per heavy atom. The second kappa shape index (κ2) is 8.68. The zero-order valence-corrected chi connectivity index (χ0v) is 13.7. The normalized spacial score (nSPS) is 21.1. The maximum absolute atomic E-state index is 5.49. The molecule has 1 aromatic rings. The van der Waals surface area contributed by atoms with E-state index in [0.29, 0.717) is 12.0 Å². The first-order chi connectivity index (χ1) is 10.2. The molecule has 1 aliphatic carbocycles. The number of methoxy groups -OCH3 is 2. The van der Waals surface area contributed by atoms with Crippen LogP contribution in [0.4, 0.5) is 0 Å². The summed E-state index contributed by atoms with van der Waals surface area (Å²) in [6, 6.07) is 4.46. The lowest BCUT2D eigenvalue weighted by molar-refractivity contribution is 0.0658. The summed E-state index contributed by atoms with van der Waals surface area (Å²) in [5, 5.41) is 0. The van der Waals surface area contributed by atoms with E-state index in [2.05, 4.69) is 38.8 Å². The quantitative estimate of drug-likeness (QED) is 0.716. The van der Waals surface area contributed by atoms with E-state index in [1.54, 1.807) is 7.11 Å². The van der Waals surface area contributed by atoms with Crippen molar-refractivity contribution in [3.05, 3.63) is 48.6 Å². The predicted molar refractivity (Wildman–Crippen MR) is 91.1 cm³/mol. The van der Waals surface area contributed by atoms with Gasteiger partial charge in [0.2, 0.25) is 0 Å². The van der Waals surface area contributed by atoms with Crippen LogP contribution in [0.2, 0.25) is 0 Å². The fraction of sp³-hybridized carbons (Fsp3) is 0.474. The van der Waals surface area contributed by atoms with Gasteiger partial charge in [0.1, 0.15) is 5.75 Å². The molecule has 2 nitrogen and oxygen atoms in total. The smallest absolute Gasteiger partial charge is 0.122 e. The Morgan fingerprint density at radius 3 is 2.19 bits per heavy atom. The molecule has 2 heteroatoms. The second-order valence-electron chi connectivity index (χ2n) is 5.35. The van der Waals surface area contributed by atoms with E-state index in [4.69, 9.17) is 9.47 Å². The van der Waals surface area contributed by atoms with Gasteiger partial charge in [0, 0.05) is 7.11 Å². The molecule has 2 rings (SSSR count). The van der Waals surface area contributed by atoms with Crippen molar-refractivity contribution in [2.45, 2.75) is 44.6 Å². The zero-order valence-electron chi connectivity index (χ0n) is 13.7. The molecular weight excluding hydrogens is 260 g/mol. The molecule has 1 saturated carbocycles. The summed E-state index contributed by atoms with van der Waals surface area (Å²) < 4.78 is 10.9. The Bertz CT molecular complexity index is 457. The van der Waals surface area contributed by atoms with Crippen LogP contribution in [0.1, 0.15) is 48.3 Å². The van der Waals surface area contributed by atoms with Gasteiger partial charge in [0.15, 0.2) is 0 Å². The molecule has 0 heterocycles. The van der Waals surface area contributed by atoms with Crippen molar-refractivity contribution >= 4 is 6.08 Å². The molecule has 0 amide bonds. The van der Waals surface area contributed by atoms with E-state index in [1.807, 2.05) is 13.2 Å². The molecule has 1 aliphatic rings. The van der Waals surface area contributed by atoms with Gasteiger partial charge in [-0.25, -0.2) is 0 Å². The monoisotopic (exact) mass is 288 g/mol. The Morgan fingerprint density at radius 2 is 1.71 bits per heavy atom. The largest absolute Gasteiger partial charge is 0.496 e. The summed E-state index contributed by atoms with van der Waals surface area (Å²) in [6.07, 6.45) is 7.06. The Balaban J connectivity index is 0.00000106. The van der Waals surface area contributed by atoms with E-state index in [-0.39, 0.29) is 0 Å². The highest BCUT2D eigenvalue weighted by Crippen LogP contribution is 2.37. The molecule has 0 bridgehead atoms. The highest BCUT2D eigenvalue weighted by atomic mass is 16.5. The summed E-state index contributed by atoms with van der Waals surface area (Å²) in [6.45, 7) is 12.0. The van der Waals surface area contributed by atoms with Gasteiger partial charge in [-0.2, -0.15) is 0 Å². The SMILES string of the molecule is C=C.C=Cc1cc(C2CCC(OC)CC2)cc(OC)c1C. The molecule has 116 valence electrons. The minimum Gasteiger partial charge on any atom is -0.496 e. The molecule has 0 aromatic heterocycles. The van der Waals surface area contributed by atoms with Gasteiger partial charge in [-0.05, 0) is 61.3 Å². The van der Waals surface area contributed by atoms with Gasteiger partial charge in [0.05, 0.1) is 13.2 Å². The number of rotatable bonds is 4. The summed E-state index contributed by atoms with van der Waals surface area (Å²) in [7, 11) is 3.55. The van der Waals surface area contributed by atoms with Crippen molar-refractivity contribution in [1.82, 2.24) is 0 Å². The molecule has 0 spiro atoms. The molecule has 21 heavy (non-hydrogen) atoms. The van der Waals surface area contributed by atoms with E-state index in [9.17, 15) is 0 Å².